The number of carboxylic acid groups (broad SMARTS) is 1. The molecule has 0 rings (SSSR count). The summed E-state index contributed by atoms with van der Waals surface area (Å²) in [5.41, 5.74) is -0.387. The Labute approximate surface area is 49.0 Å². The highest BCUT2D eigenvalue weighted by molar-refractivity contribution is 6.95. The predicted molar refractivity (Wildman–Crippen MR) is 28.7 cm³/mol. The van der Waals surface area contributed by atoms with E-state index in [9.17, 15) is 4.79 Å². The smallest absolute Gasteiger partial charge is 0.304 e. The van der Waals surface area contributed by atoms with Crippen molar-refractivity contribution in [3.63, 3.8) is 0 Å². The van der Waals surface area contributed by atoms with Crippen molar-refractivity contribution in [3.05, 3.63) is 0 Å². The molecule has 0 saturated heterocycles. The first-order chi connectivity index (χ1) is 3.18. The highest BCUT2D eigenvalue weighted by atomic mass is 35.6. The van der Waals surface area contributed by atoms with Crippen LogP contribution in [0.5, 0.6) is 0 Å². The van der Waals surface area contributed by atoms with Crippen LogP contribution in [-0.2, 0) is 4.79 Å². The van der Waals surface area contributed by atoms with Crippen LogP contribution in [0, 0.1) is 0 Å². The van der Waals surface area contributed by atoms with Gasteiger partial charge in [-0.25, -0.2) is 0 Å². The Kier molecular flexibility index (Phi) is 3.03. The quantitative estimate of drug-likeness (QED) is 0.449. The minimum atomic E-state index is -0.826. The summed E-state index contributed by atoms with van der Waals surface area (Å²) < 4.78 is 0. The van der Waals surface area contributed by atoms with Gasteiger partial charge in [-0.05, 0) is 0 Å². The fourth-order valence-electron chi connectivity index (χ4n) is 0.0467. The molecule has 1 unspecified atom stereocenters. The first-order valence-electron chi connectivity index (χ1n) is 1.77. The minimum Gasteiger partial charge on any atom is -0.481 e. The van der Waals surface area contributed by atoms with Crippen LogP contribution in [0.3, 0.4) is 0 Å². The van der Waals surface area contributed by atoms with Gasteiger partial charge in [-0.2, -0.15) is 11.1 Å². The lowest BCUT2D eigenvalue weighted by atomic mass is 10.5. The molecule has 0 bridgehead atoms. The lowest BCUT2D eigenvalue weighted by Crippen LogP contribution is -2.06. The fourth-order valence-corrected chi connectivity index (χ4v) is 0.420. The maximum atomic E-state index is 9.85. The van der Waals surface area contributed by atoms with Gasteiger partial charge in [0.1, 0.15) is 0 Å². The molecule has 0 aromatic heterocycles. The maximum absolute atomic E-state index is 9.85. The summed E-state index contributed by atoms with van der Waals surface area (Å²) in [6.45, 7) is 1.58. The van der Waals surface area contributed by atoms with Crippen LogP contribution >= 0.6 is 11.1 Å². The molecule has 0 aliphatic heterocycles. The van der Waals surface area contributed by atoms with E-state index in [4.69, 9.17) is 16.2 Å². The SMILES string of the molecule is CC([Si]Cl)C(=O)O. The molecule has 0 amide bonds. The largest absolute Gasteiger partial charge is 0.481 e. The summed E-state index contributed by atoms with van der Waals surface area (Å²) in [7, 11) is -0.0154. The zero-order valence-corrected chi connectivity index (χ0v) is 5.57. The molecule has 0 saturated carbocycles. The molecular weight excluding hydrogens is 132 g/mol. The number of carbonyl (C=O) groups is 1. The molecule has 2 radical (unpaired) electrons. The number of aliphatic carboxylic acids is 1. The van der Waals surface area contributed by atoms with Gasteiger partial charge in [-0.15, -0.1) is 0 Å². The van der Waals surface area contributed by atoms with Crippen molar-refractivity contribution in [3.8, 4) is 0 Å². The molecule has 4 heteroatoms. The van der Waals surface area contributed by atoms with Crippen LogP contribution in [0.1, 0.15) is 6.92 Å². The molecule has 0 aromatic rings. The molecule has 0 aliphatic rings. The van der Waals surface area contributed by atoms with Crippen molar-refractivity contribution >= 4 is 25.9 Å². The van der Waals surface area contributed by atoms with E-state index in [2.05, 4.69) is 0 Å². The molecule has 1 N–H and O–H groups in total. The molecule has 0 spiro atoms. The second kappa shape index (κ2) is 3.04. The fraction of sp³-hybridized carbons (Fsp3) is 0.667. The summed E-state index contributed by atoms with van der Waals surface area (Å²) in [5.74, 6) is -0.826. The highest BCUT2D eigenvalue weighted by Gasteiger charge is 2.08. The number of hydrogen-bond donors (Lipinski definition) is 1. The number of carboxylic acids is 1. The minimum absolute atomic E-state index is 0.0154. The second-order valence-electron chi connectivity index (χ2n) is 1.17. The molecule has 7 heavy (non-hydrogen) atoms. The average Bonchev–Trinajstić information content (AvgIpc) is 1.65. The molecule has 0 heterocycles. The molecule has 1 atom stereocenters. The van der Waals surface area contributed by atoms with Gasteiger partial charge in [0.05, 0.1) is 5.54 Å². The number of hydrogen-bond acceptors (Lipinski definition) is 1. The van der Waals surface area contributed by atoms with Crippen LogP contribution in [0.4, 0.5) is 0 Å². The number of halogens is 1. The average molecular weight is 137 g/mol. The van der Waals surface area contributed by atoms with Crippen LogP contribution in [-0.4, -0.2) is 19.9 Å². The lowest BCUT2D eigenvalue weighted by molar-refractivity contribution is -0.136. The third-order valence-electron chi connectivity index (χ3n) is 0.534. The van der Waals surface area contributed by atoms with Gasteiger partial charge in [0, 0.05) is 0 Å². The van der Waals surface area contributed by atoms with Crippen LogP contribution in [0.25, 0.3) is 0 Å². The maximum Gasteiger partial charge on any atom is 0.304 e. The summed E-state index contributed by atoms with van der Waals surface area (Å²) in [6.07, 6.45) is 0. The van der Waals surface area contributed by atoms with E-state index in [-0.39, 0.29) is 14.4 Å². The summed E-state index contributed by atoms with van der Waals surface area (Å²) >= 11 is 5.19. The van der Waals surface area contributed by atoms with E-state index < -0.39 is 5.97 Å². The third-order valence-corrected chi connectivity index (χ3v) is 2.09. The number of rotatable bonds is 2. The third kappa shape index (κ3) is 2.65. The Balaban J connectivity index is 3.34. The Bertz CT molecular complexity index is 75.3. The molecule has 0 fully saturated rings. The summed E-state index contributed by atoms with van der Waals surface area (Å²) in [6, 6.07) is 0. The van der Waals surface area contributed by atoms with Gasteiger partial charge in [0.15, 0.2) is 8.83 Å². The lowest BCUT2D eigenvalue weighted by Gasteiger charge is -1.93. The normalized spacial score (nSPS) is 13.4. The van der Waals surface area contributed by atoms with Gasteiger partial charge in [0.2, 0.25) is 0 Å². The van der Waals surface area contributed by atoms with Gasteiger partial charge in [-0.1, -0.05) is 6.92 Å². The first kappa shape index (κ1) is 6.98. The topological polar surface area (TPSA) is 37.3 Å². The van der Waals surface area contributed by atoms with Crippen molar-refractivity contribution in [1.29, 1.82) is 0 Å². The molecule has 2 nitrogen and oxygen atoms in total. The zero-order chi connectivity index (χ0) is 5.86. The molecule has 40 valence electrons. The van der Waals surface area contributed by atoms with E-state index >= 15 is 0 Å². The van der Waals surface area contributed by atoms with Gasteiger partial charge < -0.3 is 5.11 Å². The zero-order valence-electron chi connectivity index (χ0n) is 3.81. The van der Waals surface area contributed by atoms with Gasteiger partial charge >= 0.3 is 5.97 Å². The van der Waals surface area contributed by atoms with Crippen molar-refractivity contribution in [2.75, 3.05) is 0 Å². The van der Waals surface area contributed by atoms with Crippen LogP contribution in [0.2, 0.25) is 5.54 Å². The van der Waals surface area contributed by atoms with E-state index in [1.165, 1.54) is 0 Å². The van der Waals surface area contributed by atoms with Crippen molar-refractivity contribution in [1.82, 2.24) is 0 Å². The van der Waals surface area contributed by atoms with Crippen LogP contribution in [0.15, 0.2) is 0 Å². The Morgan fingerprint density at radius 1 is 2.00 bits per heavy atom. The first-order valence-corrected chi connectivity index (χ1v) is 3.86. The van der Waals surface area contributed by atoms with E-state index in [0.717, 1.165) is 0 Å². The predicted octanol–water partition coefficient (Wildman–Crippen LogP) is 0.737. The van der Waals surface area contributed by atoms with E-state index in [1.807, 2.05) is 0 Å². The van der Waals surface area contributed by atoms with E-state index in [1.54, 1.807) is 6.92 Å². The van der Waals surface area contributed by atoms with Gasteiger partial charge in [0.25, 0.3) is 0 Å². The van der Waals surface area contributed by atoms with Crippen molar-refractivity contribution in [2.45, 2.75) is 12.5 Å². The summed E-state index contributed by atoms with van der Waals surface area (Å²) in [5, 5.41) is 8.10. The Morgan fingerprint density at radius 3 is 2.43 bits per heavy atom. The van der Waals surface area contributed by atoms with Crippen molar-refractivity contribution in [2.24, 2.45) is 0 Å². The Morgan fingerprint density at radius 2 is 2.43 bits per heavy atom. The molecule has 0 aromatic carbocycles. The monoisotopic (exact) mass is 136 g/mol. The second-order valence-corrected chi connectivity index (χ2v) is 2.91. The van der Waals surface area contributed by atoms with Crippen LogP contribution < -0.4 is 0 Å². The van der Waals surface area contributed by atoms with Gasteiger partial charge in [-0.3, -0.25) is 4.79 Å². The summed E-state index contributed by atoms with van der Waals surface area (Å²) in [4.78, 5) is 9.85. The van der Waals surface area contributed by atoms with Crippen molar-refractivity contribution < 1.29 is 9.90 Å². The molecular formula is C3H5ClO2Si. The van der Waals surface area contributed by atoms with E-state index in [0.29, 0.717) is 0 Å². The Hall–Kier alpha value is -0.0231. The standard InChI is InChI=1S/C3H5ClO2Si/c1-2(7-4)3(5)6/h2H,1H3,(H,5,6). The highest BCUT2D eigenvalue weighted by Crippen LogP contribution is 2.00. The molecule has 0 aliphatic carbocycles.